The van der Waals surface area contributed by atoms with Crippen molar-refractivity contribution in [3.63, 3.8) is 0 Å². The van der Waals surface area contributed by atoms with Gasteiger partial charge in [0.2, 0.25) is 0 Å². The maximum absolute atomic E-state index is 13.7. The minimum atomic E-state index is -4.59. The molecule has 0 amide bonds. The maximum atomic E-state index is 13.7. The summed E-state index contributed by atoms with van der Waals surface area (Å²) in [7, 11) is 1.46. The van der Waals surface area contributed by atoms with Crippen molar-refractivity contribution < 1.29 is 27.8 Å². The molecule has 0 fully saturated rings. The van der Waals surface area contributed by atoms with Crippen LogP contribution in [0.3, 0.4) is 0 Å². The van der Waals surface area contributed by atoms with Crippen molar-refractivity contribution in [2.24, 2.45) is 22.9 Å². The van der Waals surface area contributed by atoms with Gasteiger partial charge in [-0.2, -0.15) is 18.3 Å². The monoisotopic (exact) mass is 410 g/mol. The molecular formula is C21H25F3N2O3. The van der Waals surface area contributed by atoms with E-state index < -0.39 is 47.9 Å². The fraction of sp³-hybridized carbons (Fsp3) is 0.476. The van der Waals surface area contributed by atoms with E-state index in [1.807, 2.05) is 6.92 Å². The predicted molar refractivity (Wildman–Crippen MR) is 104 cm³/mol. The summed E-state index contributed by atoms with van der Waals surface area (Å²) in [4.78, 5) is 0. The molecule has 5 nitrogen and oxygen atoms in total. The Morgan fingerprint density at radius 2 is 1.97 bits per heavy atom. The predicted octanol–water partition coefficient (Wildman–Crippen LogP) is 3.27. The minimum absolute atomic E-state index is 0.300. The van der Waals surface area contributed by atoms with Crippen LogP contribution in [0.2, 0.25) is 0 Å². The van der Waals surface area contributed by atoms with Gasteiger partial charge in [0.25, 0.3) is 0 Å². The van der Waals surface area contributed by atoms with Crippen LogP contribution in [0.15, 0.2) is 65.5 Å². The molecule has 0 radical (unpaired) electrons. The number of aliphatic hydroxyl groups excluding tert-OH is 1. The Labute approximate surface area is 168 Å². The lowest BCUT2D eigenvalue weighted by molar-refractivity contribution is -0.0650. The Bertz CT molecular complexity index is 783. The van der Waals surface area contributed by atoms with Crippen molar-refractivity contribution in [1.29, 1.82) is 0 Å². The first-order valence-electron chi connectivity index (χ1n) is 9.35. The van der Waals surface area contributed by atoms with E-state index in [-0.39, 0.29) is 0 Å². The lowest BCUT2D eigenvalue weighted by Gasteiger charge is -2.37. The van der Waals surface area contributed by atoms with E-state index in [4.69, 9.17) is 9.47 Å². The molecule has 1 heterocycles. The van der Waals surface area contributed by atoms with Crippen molar-refractivity contribution >= 4 is 5.71 Å². The number of hydrogen-bond acceptors (Lipinski definition) is 5. The second-order valence-corrected chi connectivity index (χ2v) is 7.46. The Hall–Kier alpha value is -2.32. The minimum Gasteiger partial charge on any atom is -0.490 e. The summed E-state index contributed by atoms with van der Waals surface area (Å²) in [5.74, 6) is -1.75. The smallest absolute Gasteiger partial charge is 0.431 e. The van der Waals surface area contributed by atoms with Gasteiger partial charge in [-0.05, 0) is 24.6 Å². The van der Waals surface area contributed by atoms with Crippen LogP contribution in [0, 0.1) is 17.8 Å². The Balaban J connectivity index is 1.85. The summed E-state index contributed by atoms with van der Waals surface area (Å²) in [5.41, 5.74) is 2.56. The number of aliphatic hydroxyl groups is 1. The second kappa shape index (κ2) is 8.59. The first-order valence-corrected chi connectivity index (χ1v) is 9.35. The largest absolute Gasteiger partial charge is 0.490 e. The zero-order chi connectivity index (χ0) is 21.2. The van der Waals surface area contributed by atoms with Gasteiger partial charge >= 0.3 is 6.18 Å². The number of rotatable bonds is 6. The molecule has 3 aliphatic rings. The number of nitrogens with zero attached hydrogens (tertiary/aromatic N) is 1. The molecule has 2 aliphatic carbocycles. The van der Waals surface area contributed by atoms with Gasteiger partial charge in [0.05, 0.1) is 18.2 Å². The van der Waals surface area contributed by atoms with Gasteiger partial charge in [-0.3, -0.25) is 0 Å². The van der Waals surface area contributed by atoms with E-state index in [1.165, 1.54) is 13.2 Å². The van der Waals surface area contributed by atoms with Crippen molar-refractivity contribution in [3.8, 4) is 0 Å². The number of hydrazone groups is 1. The average molecular weight is 410 g/mol. The maximum Gasteiger partial charge on any atom is 0.431 e. The van der Waals surface area contributed by atoms with Crippen LogP contribution in [0.1, 0.15) is 6.92 Å². The first kappa shape index (κ1) is 21.4. The number of ether oxygens (including phenoxy) is 2. The number of methoxy groups -OCH3 is 1. The molecule has 1 aliphatic heterocycles. The molecular weight excluding hydrogens is 385 g/mol. The SMILES string of the molecule is C=C(C)COC1=CC(O)C(C2NN=C(C(F)(F)F)C2C2C=CC=CC2OC)C=C1. The molecule has 158 valence electrons. The van der Waals surface area contributed by atoms with E-state index in [9.17, 15) is 18.3 Å². The molecule has 0 saturated heterocycles. The Morgan fingerprint density at radius 1 is 1.24 bits per heavy atom. The zero-order valence-corrected chi connectivity index (χ0v) is 16.3. The van der Waals surface area contributed by atoms with Crippen molar-refractivity contribution in [2.75, 3.05) is 13.7 Å². The summed E-state index contributed by atoms with van der Waals surface area (Å²) in [6, 6.07) is -0.754. The average Bonchev–Trinajstić information content (AvgIpc) is 3.11. The number of alkyl halides is 3. The highest BCUT2D eigenvalue weighted by Gasteiger charge is 2.53. The third-order valence-corrected chi connectivity index (χ3v) is 5.25. The molecule has 2 N–H and O–H groups in total. The molecule has 6 unspecified atom stereocenters. The molecule has 0 aromatic carbocycles. The summed E-state index contributed by atoms with van der Waals surface area (Å²) in [6.45, 7) is 5.86. The van der Waals surface area contributed by atoms with Gasteiger partial charge in [-0.1, -0.05) is 37.0 Å². The highest BCUT2D eigenvalue weighted by atomic mass is 19.4. The molecule has 8 heteroatoms. The Morgan fingerprint density at radius 3 is 2.59 bits per heavy atom. The summed E-state index contributed by atoms with van der Waals surface area (Å²) >= 11 is 0. The summed E-state index contributed by atoms with van der Waals surface area (Å²) in [6.07, 6.45) is 5.59. The molecule has 0 bridgehead atoms. The Kier molecular flexibility index (Phi) is 6.33. The number of allylic oxidation sites excluding steroid dienone is 3. The third kappa shape index (κ3) is 4.64. The van der Waals surface area contributed by atoms with Gasteiger partial charge in [0.1, 0.15) is 18.1 Å². The van der Waals surface area contributed by atoms with Crippen LogP contribution in [-0.4, -0.2) is 49.0 Å². The van der Waals surface area contributed by atoms with Crippen LogP contribution < -0.4 is 5.43 Å². The quantitative estimate of drug-likeness (QED) is 0.660. The molecule has 0 aromatic heterocycles. The lowest BCUT2D eigenvalue weighted by atomic mass is 9.72. The number of halogens is 3. The molecule has 0 spiro atoms. The van der Waals surface area contributed by atoms with Crippen LogP contribution in [-0.2, 0) is 9.47 Å². The lowest BCUT2D eigenvalue weighted by Crippen LogP contribution is -2.49. The standard InChI is InChI=1S/C21H25F3N2O3/c1-12(2)11-29-13-8-9-14(16(27)10-13)19-18(20(26-25-19)21(22,23)24)15-6-4-5-7-17(15)28-3/h4-10,14-19,25,27H,1,11H2,2-3H3. The van der Waals surface area contributed by atoms with Crippen molar-refractivity contribution in [3.05, 3.63) is 60.4 Å². The highest BCUT2D eigenvalue weighted by Crippen LogP contribution is 2.40. The normalized spacial score (nSPS) is 33.9. The van der Waals surface area contributed by atoms with E-state index >= 15 is 0 Å². The van der Waals surface area contributed by atoms with E-state index in [0.717, 1.165) is 5.57 Å². The molecule has 29 heavy (non-hydrogen) atoms. The number of nitrogens with one attached hydrogen (secondary N) is 1. The molecule has 6 atom stereocenters. The summed E-state index contributed by atoms with van der Waals surface area (Å²) in [5, 5.41) is 14.2. The van der Waals surface area contributed by atoms with Crippen molar-refractivity contribution in [2.45, 2.75) is 31.3 Å². The van der Waals surface area contributed by atoms with Crippen LogP contribution in [0.4, 0.5) is 13.2 Å². The second-order valence-electron chi connectivity index (χ2n) is 7.46. The topological polar surface area (TPSA) is 63.1 Å². The van der Waals surface area contributed by atoms with Crippen LogP contribution in [0.25, 0.3) is 0 Å². The zero-order valence-electron chi connectivity index (χ0n) is 16.3. The highest BCUT2D eigenvalue weighted by molar-refractivity contribution is 5.94. The molecule has 0 aromatic rings. The first-order chi connectivity index (χ1) is 13.7. The van der Waals surface area contributed by atoms with Gasteiger partial charge in [0.15, 0.2) is 0 Å². The fourth-order valence-corrected chi connectivity index (χ4v) is 3.92. The molecule has 0 saturated carbocycles. The summed E-state index contributed by atoms with van der Waals surface area (Å²) < 4.78 is 52.0. The third-order valence-electron chi connectivity index (χ3n) is 5.25. The van der Waals surface area contributed by atoms with Crippen LogP contribution in [0.5, 0.6) is 0 Å². The molecule has 3 rings (SSSR count). The van der Waals surface area contributed by atoms with E-state index in [0.29, 0.717) is 12.4 Å². The van der Waals surface area contributed by atoms with Crippen LogP contribution >= 0.6 is 0 Å². The van der Waals surface area contributed by atoms with Crippen molar-refractivity contribution in [1.82, 2.24) is 5.43 Å². The van der Waals surface area contributed by atoms with E-state index in [1.54, 1.807) is 36.5 Å². The van der Waals surface area contributed by atoms with Gasteiger partial charge in [-0.25, -0.2) is 0 Å². The fourth-order valence-electron chi connectivity index (χ4n) is 3.92. The van der Waals surface area contributed by atoms with Gasteiger partial charge in [-0.15, -0.1) is 0 Å². The van der Waals surface area contributed by atoms with Gasteiger partial charge in [0, 0.05) is 24.9 Å². The van der Waals surface area contributed by atoms with E-state index in [2.05, 4.69) is 17.1 Å². The van der Waals surface area contributed by atoms with Gasteiger partial charge < -0.3 is 20.0 Å². The number of hydrogen-bond donors (Lipinski definition) is 2.